The summed E-state index contributed by atoms with van der Waals surface area (Å²) in [5, 5.41) is 14.9. The van der Waals surface area contributed by atoms with Crippen LogP contribution in [-0.4, -0.2) is 26.8 Å². The summed E-state index contributed by atoms with van der Waals surface area (Å²) in [4.78, 5) is 10.0. The molecule has 0 amide bonds. The lowest BCUT2D eigenvalue weighted by atomic mass is 10.8. The third-order valence-electron chi connectivity index (χ3n) is 0.906. The summed E-state index contributed by atoms with van der Waals surface area (Å²) in [5.41, 5.74) is -2.06. The number of carboxylic acids is 1. The molecule has 1 heterocycles. The highest BCUT2D eigenvalue weighted by Gasteiger charge is 2.20. The van der Waals surface area contributed by atoms with Gasteiger partial charge in [-0.15, -0.1) is 10.2 Å². The lowest BCUT2D eigenvalue weighted by Gasteiger charge is -1.95. The van der Waals surface area contributed by atoms with Crippen LogP contribution in [0.15, 0.2) is 9.64 Å². The Labute approximate surface area is 71.0 Å². The highest BCUT2D eigenvalue weighted by atomic mass is 32.2. The first-order chi connectivity index (χ1) is 5.59. The number of halogens is 1. The summed E-state index contributed by atoms with van der Waals surface area (Å²) in [7, 11) is 0. The van der Waals surface area contributed by atoms with Crippen LogP contribution in [0.25, 0.3) is 0 Å². The van der Waals surface area contributed by atoms with Gasteiger partial charge in [-0.1, -0.05) is 0 Å². The molecule has 1 N–H and O–H groups in total. The number of hydrogen-bond acceptors (Lipinski definition) is 5. The summed E-state index contributed by atoms with van der Waals surface area (Å²) in [6, 6.07) is 0. The summed E-state index contributed by atoms with van der Waals surface area (Å²) in [5.74, 6) is -1.29. The molecule has 0 bridgehead atoms. The highest BCUT2D eigenvalue weighted by molar-refractivity contribution is 8.00. The zero-order valence-electron chi connectivity index (χ0n) is 6.02. The SMILES string of the molecule is Cc1nnc(SC(F)C(=O)O)o1. The Morgan fingerprint density at radius 2 is 2.42 bits per heavy atom. The van der Waals surface area contributed by atoms with Crippen molar-refractivity contribution in [2.75, 3.05) is 0 Å². The number of thioether (sulfide) groups is 1. The summed E-state index contributed by atoms with van der Waals surface area (Å²) in [6.07, 6.45) is 0. The van der Waals surface area contributed by atoms with E-state index in [0.717, 1.165) is 0 Å². The van der Waals surface area contributed by atoms with E-state index >= 15 is 0 Å². The maximum atomic E-state index is 12.5. The minimum atomic E-state index is -2.06. The molecule has 0 saturated carbocycles. The van der Waals surface area contributed by atoms with Crippen molar-refractivity contribution in [3.8, 4) is 0 Å². The fraction of sp³-hybridized carbons (Fsp3) is 0.400. The summed E-state index contributed by atoms with van der Waals surface area (Å²) in [6.45, 7) is 1.53. The Bertz CT molecular complexity index is 290. The van der Waals surface area contributed by atoms with Gasteiger partial charge in [-0.3, -0.25) is 0 Å². The van der Waals surface area contributed by atoms with E-state index in [2.05, 4.69) is 10.2 Å². The van der Waals surface area contributed by atoms with Gasteiger partial charge in [-0.2, -0.15) is 0 Å². The first kappa shape index (κ1) is 8.98. The second-order valence-corrected chi connectivity index (χ2v) is 2.86. The molecule has 0 spiro atoms. The molecule has 0 saturated heterocycles. The Kier molecular flexibility index (Phi) is 2.64. The first-order valence-electron chi connectivity index (χ1n) is 2.93. The Balaban J connectivity index is 2.58. The van der Waals surface area contributed by atoms with Crippen LogP contribution in [0, 0.1) is 6.92 Å². The van der Waals surface area contributed by atoms with Gasteiger partial charge in [0.25, 0.3) is 10.7 Å². The second-order valence-electron chi connectivity index (χ2n) is 1.86. The molecule has 7 heteroatoms. The van der Waals surface area contributed by atoms with Gasteiger partial charge in [0.2, 0.25) is 5.89 Å². The van der Waals surface area contributed by atoms with Crippen molar-refractivity contribution in [1.82, 2.24) is 10.2 Å². The smallest absolute Gasteiger partial charge is 0.349 e. The van der Waals surface area contributed by atoms with Crippen LogP contribution in [0.5, 0.6) is 0 Å². The quantitative estimate of drug-likeness (QED) is 0.715. The third-order valence-corrected chi connectivity index (χ3v) is 1.68. The van der Waals surface area contributed by atoms with Gasteiger partial charge in [0.05, 0.1) is 0 Å². The van der Waals surface area contributed by atoms with Crippen molar-refractivity contribution in [3.63, 3.8) is 0 Å². The molecule has 1 rings (SSSR count). The fourth-order valence-electron chi connectivity index (χ4n) is 0.465. The average Bonchev–Trinajstić information content (AvgIpc) is 2.35. The summed E-state index contributed by atoms with van der Waals surface area (Å²) >= 11 is 0.366. The second kappa shape index (κ2) is 3.53. The minimum absolute atomic E-state index is 0.0811. The van der Waals surface area contributed by atoms with Gasteiger partial charge in [0.15, 0.2) is 0 Å². The molecule has 1 aromatic rings. The van der Waals surface area contributed by atoms with Gasteiger partial charge < -0.3 is 9.52 Å². The molecule has 0 aromatic carbocycles. The van der Waals surface area contributed by atoms with Crippen molar-refractivity contribution < 1.29 is 18.7 Å². The Morgan fingerprint density at radius 1 is 1.75 bits per heavy atom. The molecular weight excluding hydrogens is 187 g/mol. The van der Waals surface area contributed by atoms with Crippen LogP contribution in [0.2, 0.25) is 0 Å². The van der Waals surface area contributed by atoms with E-state index in [1.165, 1.54) is 6.92 Å². The third kappa shape index (κ3) is 2.19. The predicted molar refractivity (Wildman–Crippen MR) is 37.4 cm³/mol. The standard InChI is InChI=1S/C5H5FN2O3S/c1-2-7-8-5(11-2)12-3(6)4(9)10/h3H,1H3,(H,9,10). The van der Waals surface area contributed by atoms with E-state index in [1.807, 2.05) is 0 Å². The van der Waals surface area contributed by atoms with Crippen molar-refractivity contribution in [2.45, 2.75) is 17.7 Å². The van der Waals surface area contributed by atoms with Crippen LogP contribution in [0.1, 0.15) is 5.89 Å². The number of carbonyl (C=O) groups is 1. The van der Waals surface area contributed by atoms with Crippen LogP contribution in [-0.2, 0) is 4.79 Å². The monoisotopic (exact) mass is 192 g/mol. The first-order valence-corrected chi connectivity index (χ1v) is 3.81. The molecule has 12 heavy (non-hydrogen) atoms. The van der Waals surface area contributed by atoms with Gasteiger partial charge in [-0.25, -0.2) is 9.18 Å². The number of carboxylic acid groups (broad SMARTS) is 1. The Hall–Kier alpha value is -1.11. The molecule has 0 aliphatic heterocycles. The number of aliphatic carboxylic acids is 1. The van der Waals surface area contributed by atoms with Crippen LogP contribution < -0.4 is 0 Å². The van der Waals surface area contributed by atoms with Gasteiger partial charge >= 0.3 is 5.97 Å². The molecule has 0 fully saturated rings. The fourth-order valence-corrected chi connectivity index (χ4v) is 0.999. The van der Waals surface area contributed by atoms with Crippen LogP contribution >= 0.6 is 11.8 Å². The van der Waals surface area contributed by atoms with E-state index in [4.69, 9.17) is 9.52 Å². The molecule has 5 nitrogen and oxygen atoms in total. The van der Waals surface area contributed by atoms with Gasteiger partial charge in [0, 0.05) is 6.92 Å². The number of aryl methyl sites for hydroxylation is 1. The lowest BCUT2D eigenvalue weighted by Crippen LogP contribution is -2.09. The van der Waals surface area contributed by atoms with E-state index in [-0.39, 0.29) is 11.1 Å². The molecule has 1 atom stereocenters. The van der Waals surface area contributed by atoms with Crippen molar-refractivity contribution in [2.24, 2.45) is 0 Å². The van der Waals surface area contributed by atoms with Gasteiger partial charge in [0.1, 0.15) is 0 Å². The lowest BCUT2D eigenvalue weighted by molar-refractivity contribution is -0.139. The van der Waals surface area contributed by atoms with Crippen molar-refractivity contribution in [3.05, 3.63) is 5.89 Å². The number of alkyl halides is 1. The molecular formula is C5H5FN2O3S. The van der Waals surface area contributed by atoms with E-state index in [9.17, 15) is 9.18 Å². The van der Waals surface area contributed by atoms with E-state index in [0.29, 0.717) is 11.8 Å². The maximum absolute atomic E-state index is 12.5. The molecule has 1 unspecified atom stereocenters. The average molecular weight is 192 g/mol. The summed E-state index contributed by atoms with van der Waals surface area (Å²) < 4.78 is 17.2. The number of hydrogen-bond donors (Lipinski definition) is 1. The zero-order chi connectivity index (χ0) is 9.14. The normalized spacial score (nSPS) is 12.8. The van der Waals surface area contributed by atoms with E-state index < -0.39 is 11.5 Å². The molecule has 1 aromatic heterocycles. The Morgan fingerprint density at radius 3 is 2.83 bits per heavy atom. The number of nitrogens with zero attached hydrogens (tertiary/aromatic N) is 2. The molecule has 0 radical (unpaired) electrons. The highest BCUT2D eigenvalue weighted by Crippen LogP contribution is 2.22. The molecule has 66 valence electrons. The van der Waals surface area contributed by atoms with E-state index in [1.54, 1.807) is 0 Å². The topological polar surface area (TPSA) is 76.2 Å². The predicted octanol–water partition coefficient (Wildman–Crippen LogP) is 0.850. The molecule has 0 aliphatic rings. The van der Waals surface area contributed by atoms with Crippen LogP contribution in [0.4, 0.5) is 4.39 Å². The number of aromatic nitrogens is 2. The minimum Gasteiger partial charge on any atom is -0.478 e. The maximum Gasteiger partial charge on any atom is 0.349 e. The van der Waals surface area contributed by atoms with Gasteiger partial charge in [-0.05, 0) is 11.8 Å². The van der Waals surface area contributed by atoms with Crippen LogP contribution in [0.3, 0.4) is 0 Å². The van der Waals surface area contributed by atoms with Crippen molar-refractivity contribution >= 4 is 17.7 Å². The zero-order valence-corrected chi connectivity index (χ0v) is 6.84. The number of rotatable bonds is 3. The largest absolute Gasteiger partial charge is 0.478 e. The van der Waals surface area contributed by atoms with Crippen molar-refractivity contribution in [1.29, 1.82) is 0 Å². The molecule has 0 aliphatic carbocycles.